The van der Waals surface area contributed by atoms with Crippen molar-refractivity contribution >= 4 is 0 Å². The molecule has 0 saturated carbocycles. The van der Waals surface area contributed by atoms with Gasteiger partial charge in [-0.3, -0.25) is 0 Å². The van der Waals surface area contributed by atoms with E-state index >= 15 is 0 Å². The highest BCUT2D eigenvalue weighted by atomic mass is 14.1. The van der Waals surface area contributed by atoms with Gasteiger partial charge in [-0.15, -0.1) is 0 Å². The summed E-state index contributed by atoms with van der Waals surface area (Å²) in [6, 6.07) is 0. The molecule has 0 unspecified atom stereocenters. The lowest BCUT2D eigenvalue weighted by Crippen LogP contribution is -1.97. The lowest BCUT2D eigenvalue weighted by Gasteiger charge is -2.10. The van der Waals surface area contributed by atoms with Crippen LogP contribution < -0.4 is 0 Å². The number of unbranched alkanes of at least 4 members (excludes halogenated alkanes) is 12. The highest BCUT2D eigenvalue weighted by Gasteiger charge is 2.02. The molecule has 0 fully saturated rings. The van der Waals surface area contributed by atoms with Crippen molar-refractivity contribution in [1.29, 1.82) is 0 Å². The molecule has 121 valence electrons. The van der Waals surface area contributed by atoms with E-state index in [4.69, 9.17) is 0 Å². The van der Waals surface area contributed by atoms with Crippen molar-refractivity contribution in [3.8, 4) is 0 Å². The molecule has 0 amide bonds. The molecule has 0 aromatic heterocycles. The zero-order valence-corrected chi connectivity index (χ0v) is 14.8. The first kappa shape index (κ1) is 20.0. The van der Waals surface area contributed by atoms with Crippen LogP contribution in [0.2, 0.25) is 0 Å². The van der Waals surface area contributed by atoms with E-state index in [1.54, 1.807) is 0 Å². The largest absolute Gasteiger partial charge is 0.0654 e. The minimum Gasteiger partial charge on any atom is -0.0654 e. The van der Waals surface area contributed by atoms with E-state index in [2.05, 4.69) is 27.2 Å². The Kier molecular flexibility index (Phi) is 17.1. The molecule has 0 aliphatic heterocycles. The summed E-state index contributed by atoms with van der Waals surface area (Å²) in [6.07, 6.45) is 24.0. The van der Waals surface area contributed by atoms with Crippen LogP contribution >= 0.6 is 0 Å². The predicted octanol–water partition coefficient (Wildman–Crippen LogP) is 7.72. The molecule has 20 heavy (non-hydrogen) atoms. The number of hydrogen-bond acceptors (Lipinski definition) is 0. The van der Waals surface area contributed by atoms with E-state index in [0.29, 0.717) is 0 Å². The quantitative estimate of drug-likeness (QED) is 0.254. The molecule has 0 heteroatoms. The van der Waals surface area contributed by atoms with Crippen LogP contribution in [0.4, 0.5) is 0 Å². The first-order valence-corrected chi connectivity index (χ1v) is 9.68. The molecule has 0 N–H and O–H groups in total. The van der Waals surface area contributed by atoms with Gasteiger partial charge >= 0.3 is 0 Å². The van der Waals surface area contributed by atoms with Crippen molar-refractivity contribution in [2.75, 3.05) is 0 Å². The molecular weight excluding hydrogens is 240 g/mol. The third-order valence-electron chi connectivity index (χ3n) is 4.61. The maximum absolute atomic E-state index is 2.57. The number of rotatable bonds is 16. The lowest BCUT2D eigenvalue weighted by atomic mass is 9.95. The Morgan fingerprint density at radius 1 is 0.550 bits per heavy atom. The normalized spacial score (nSPS) is 11.4. The van der Waals surface area contributed by atoms with Crippen molar-refractivity contribution < 1.29 is 0 Å². The zero-order valence-electron chi connectivity index (χ0n) is 14.8. The van der Waals surface area contributed by atoms with Crippen LogP contribution in [-0.2, 0) is 0 Å². The molecule has 0 rings (SSSR count). The Morgan fingerprint density at radius 2 is 0.950 bits per heavy atom. The van der Waals surface area contributed by atoms with Crippen LogP contribution in [0.3, 0.4) is 0 Å². The van der Waals surface area contributed by atoms with Gasteiger partial charge in [0, 0.05) is 0 Å². The van der Waals surface area contributed by atoms with E-state index in [0.717, 1.165) is 5.92 Å². The summed E-state index contributed by atoms with van der Waals surface area (Å²) in [5, 5.41) is 0. The summed E-state index contributed by atoms with van der Waals surface area (Å²) in [6.45, 7) is 6.92. The van der Waals surface area contributed by atoms with E-state index < -0.39 is 0 Å². The molecule has 0 nitrogen and oxygen atoms in total. The Hall–Kier alpha value is 0. The fraction of sp³-hybridized carbons (Fsp3) is 0.950. The Balaban J connectivity index is 3.02. The van der Waals surface area contributed by atoms with Crippen molar-refractivity contribution in [1.82, 2.24) is 0 Å². The van der Waals surface area contributed by atoms with Gasteiger partial charge in [0.15, 0.2) is 0 Å². The highest BCUT2D eigenvalue weighted by Crippen LogP contribution is 2.17. The second-order valence-corrected chi connectivity index (χ2v) is 6.49. The molecule has 0 atom stereocenters. The van der Waals surface area contributed by atoms with Gasteiger partial charge < -0.3 is 0 Å². The van der Waals surface area contributed by atoms with Crippen molar-refractivity contribution in [2.45, 2.75) is 117 Å². The third kappa shape index (κ3) is 14.4. The van der Waals surface area contributed by atoms with Crippen LogP contribution in [-0.4, -0.2) is 0 Å². The van der Waals surface area contributed by atoms with Gasteiger partial charge in [0.1, 0.15) is 0 Å². The Bertz CT molecular complexity index is 157. The molecule has 0 bridgehead atoms. The van der Waals surface area contributed by atoms with Crippen LogP contribution in [0.1, 0.15) is 117 Å². The zero-order chi connectivity index (χ0) is 14.9. The first-order valence-electron chi connectivity index (χ1n) is 9.68. The average molecular weight is 282 g/mol. The van der Waals surface area contributed by atoms with Gasteiger partial charge in [-0.1, -0.05) is 111 Å². The summed E-state index contributed by atoms with van der Waals surface area (Å²) in [7, 11) is 0. The molecule has 0 aromatic rings. The second kappa shape index (κ2) is 17.1. The average Bonchev–Trinajstić information content (AvgIpc) is 2.48. The Morgan fingerprint density at radius 3 is 1.35 bits per heavy atom. The third-order valence-corrected chi connectivity index (χ3v) is 4.61. The Labute approximate surface area is 130 Å². The molecule has 0 spiro atoms. The van der Waals surface area contributed by atoms with Gasteiger partial charge in [0.25, 0.3) is 0 Å². The first-order chi connectivity index (χ1) is 9.85. The van der Waals surface area contributed by atoms with Crippen LogP contribution in [0, 0.1) is 12.3 Å². The van der Waals surface area contributed by atoms with Gasteiger partial charge in [-0.25, -0.2) is 0 Å². The van der Waals surface area contributed by atoms with Gasteiger partial charge in [0.05, 0.1) is 0 Å². The van der Waals surface area contributed by atoms with Gasteiger partial charge in [-0.05, 0) is 18.8 Å². The topological polar surface area (TPSA) is 0 Å². The van der Waals surface area contributed by atoms with Crippen molar-refractivity contribution in [2.24, 2.45) is 5.92 Å². The highest BCUT2D eigenvalue weighted by molar-refractivity contribution is 4.73. The molecule has 0 aliphatic carbocycles. The summed E-state index contributed by atoms with van der Waals surface area (Å²) in [5.74, 6) is 0.878. The minimum atomic E-state index is 0.878. The standard InChI is InChI=1S/C20H41/c1-4-7-8-9-10-11-12-13-14-15-16-17-18-19-20(5-2)6-3/h19-20H,4-18H2,1-3H3. The molecule has 1 radical (unpaired) electrons. The van der Waals surface area contributed by atoms with E-state index in [-0.39, 0.29) is 0 Å². The second-order valence-electron chi connectivity index (χ2n) is 6.49. The monoisotopic (exact) mass is 281 g/mol. The molecule has 0 aliphatic rings. The number of hydrogen-bond donors (Lipinski definition) is 0. The predicted molar refractivity (Wildman–Crippen MR) is 94.1 cm³/mol. The summed E-state index contributed by atoms with van der Waals surface area (Å²) < 4.78 is 0. The molecule has 0 saturated heterocycles. The lowest BCUT2D eigenvalue weighted by molar-refractivity contribution is 0.514. The molecule has 0 aromatic carbocycles. The van der Waals surface area contributed by atoms with Gasteiger partial charge in [-0.2, -0.15) is 0 Å². The molecule has 0 heterocycles. The maximum atomic E-state index is 2.57. The van der Waals surface area contributed by atoms with E-state index in [1.165, 1.54) is 96.3 Å². The molecular formula is C20H41. The fourth-order valence-electron chi connectivity index (χ4n) is 2.96. The maximum Gasteiger partial charge on any atom is -0.0355 e. The SMILES string of the molecule is CCCCCCCCCCCCCC[CH]C(CC)CC. The van der Waals surface area contributed by atoms with Crippen LogP contribution in [0.15, 0.2) is 0 Å². The van der Waals surface area contributed by atoms with Crippen molar-refractivity contribution in [3.05, 3.63) is 6.42 Å². The summed E-state index contributed by atoms with van der Waals surface area (Å²) in [5.41, 5.74) is 0. The van der Waals surface area contributed by atoms with Crippen LogP contribution in [0.5, 0.6) is 0 Å². The van der Waals surface area contributed by atoms with Gasteiger partial charge in [0.2, 0.25) is 0 Å². The summed E-state index contributed by atoms with van der Waals surface area (Å²) in [4.78, 5) is 0. The summed E-state index contributed by atoms with van der Waals surface area (Å²) >= 11 is 0. The van der Waals surface area contributed by atoms with E-state index in [1.807, 2.05) is 0 Å². The van der Waals surface area contributed by atoms with Crippen molar-refractivity contribution in [3.63, 3.8) is 0 Å². The minimum absolute atomic E-state index is 0.878. The van der Waals surface area contributed by atoms with E-state index in [9.17, 15) is 0 Å². The van der Waals surface area contributed by atoms with Crippen LogP contribution in [0.25, 0.3) is 0 Å². The fourth-order valence-corrected chi connectivity index (χ4v) is 2.96. The smallest absolute Gasteiger partial charge is 0.0355 e.